The number of benzene rings is 2. The summed E-state index contributed by atoms with van der Waals surface area (Å²) in [4.78, 5) is 23.4. The Hall–Kier alpha value is -2.94. The molecule has 0 aliphatic heterocycles. The first-order valence-corrected chi connectivity index (χ1v) is 7.71. The third kappa shape index (κ3) is 5.27. The summed E-state index contributed by atoms with van der Waals surface area (Å²) in [5.74, 6) is -3.23. The molecule has 2 aromatic carbocycles. The van der Waals surface area contributed by atoms with E-state index in [1.165, 1.54) is 18.2 Å². The highest BCUT2D eigenvalue weighted by molar-refractivity contribution is 5.87. The number of nitrogens with one attached hydrogen (secondary N) is 1. The number of rotatable bonds is 6. The lowest BCUT2D eigenvalue weighted by atomic mass is 10.0. The van der Waals surface area contributed by atoms with Gasteiger partial charge in [0.25, 0.3) is 5.91 Å². The number of hydrogen-bond donors (Lipinski definition) is 3. The van der Waals surface area contributed by atoms with Gasteiger partial charge in [-0.2, -0.15) is 13.2 Å². The fourth-order valence-electron chi connectivity index (χ4n) is 2.34. The van der Waals surface area contributed by atoms with Gasteiger partial charge in [-0.05, 0) is 29.3 Å². The predicted molar refractivity (Wildman–Crippen MR) is 86.1 cm³/mol. The van der Waals surface area contributed by atoms with Crippen LogP contribution in [0.3, 0.4) is 0 Å². The van der Waals surface area contributed by atoms with Crippen LogP contribution in [0.25, 0.3) is 0 Å². The summed E-state index contributed by atoms with van der Waals surface area (Å²) in [6, 6.07) is 7.09. The Balaban J connectivity index is 2.10. The third-order valence-electron chi connectivity index (χ3n) is 3.80. The Morgan fingerprint density at radius 2 is 1.63 bits per heavy atom. The number of halogens is 4. The Bertz CT molecular complexity index is 821. The molecule has 0 spiro atoms. The number of aliphatic carboxylic acids is 1. The second-order valence-electron chi connectivity index (χ2n) is 5.72. The van der Waals surface area contributed by atoms with Crippen molar-refractivity contribution < 1.29 is 37.4 Å². The molecule has 2 atom stereocenters. The van der Waals surface area contributed by atoms with Gasteiger partial charge in [0.15, 0.2) is 6.10 Å². The summed E-state index contributed by atoms with van der Waals surface area (Å²) >= 11 is 0. The highest BCUT2D eigenvalue weighted by Gasteiger charge is 2.31. The van der Waals surface area contributed by atoms with Crippen molar-refractivity contribution in [2.45, 2.75) is 24.7 Å². The fraction of sp³-hybridized carbons (Fsp3) is 0.222. The number of amides is 1. The standard InChI is InChI=1S/C18H15F4NO4/c19-13-4-2-1-3-11(13)9-14(17(26)27)23-16(25)15(24)10-5-7-12(8-6-10)18(20,21)22/h1-8,14-15,24H,9H2,(H,23,25)(H,26,27)/t14-,15-/m0/s1. The lowest BCUT2D eigenvalue weighted by molar-refractivity contribution is -0.143. The second kappa shape index (κ2) is 8.17. The molecule has 1 amide bonds. The van der Waals surface area contributed by atoms with Crippen LogP contribution in [-0.2, 0) is 22.2 Å². The van der Waals surface area contributed by atoms with Gasteiger partial charge in [0.05, 0.1) is 5.56 Å². The van der Waals surface area contributed by atoms with Gasteiger partial charge in [0.1, 0.15) is 11.9 Å². The molecular formula is C18H15F4NO4. The number of hydrogen-bond acceptors (Lipinski definition) is 3. The monoisotopic (exact) mass is 385 g/mol. The van der Waals surface area contributed by atoms with E-state index < -0.39 is 41.6 Å². The Labute approximate surface area is 151 Å². The highest BCUT2D eigenvalue weighted by Crippen LogP contribution is 2.30. The highest BCUT2D eigenvalue weighted by atomic mass is 19.4. The van der Waals surface area contributed by atoms with Crippen LogP contribution in [0.2, 0.25) is 0 Å². The molecule has 2 aromatic rings. The first kappa shape index (κ1) is 20.4. The lowest BCUT2D eigenvalue weighted by Crippen LogP contribution is -2.44. The number of aliphatic hydroxyl groups excluding tert-OH is 1. The van der Waals surface area contributed by atoms with Gasteiger partial charge in [-0.25, -0.2) is 9.18 Å². The quantitative estimate of drug-likeness (QED) is 0.668. The fourth-order valence-corrected chi connectivity index (χ4v) is 2.34. The largest absolute Gasteiger partial charge is 0.480 e. The van der Waals surface area contributed by atoms with Gasteiger partial charge in [-0.3, -0.25) is 4.79 Å². The molecule has 0 unspecified atom stereocenters. The predicted octanol–water partition coefficient (Wildman–Crippen LogP) is 2.69. The third-order valence-corrected chi connectivity index (χ3v) is 3.80. The zero-order chi connectivity index (χ0) is 20.2. The lowest BCUT2D eigenvalue weighted by Gasteiger charge is -2.18. The van der Waals surface area contributed by atoms with Crippen LogP contribution in [-0.4, -0.2) is 28.1 Å². The van der Waals surface area contributed by atoms with Crippen molar-refractivity contribution in [3.8, 4) is 0 Å². The van der Waals surface area contributed by atoms with Gasteiger partial charge in [0.2, 0.25) is 0 Å². The number of carbonyl (C=O) groups is 2. The maximum atomic E-state index is 13.7. The summed E-state index contributed by atoms with van der Waals surface area (Å²) in [6.07, 6.45) is -6.82. The van der Waals surface area contributed by atoms with E-state index in [-0.39, 0.29) is 17.5 Å². The van der Waals surface area contributed by atoms with Crippen LogP contribution in [0.15, 0.2) is 48.5 Å². The van der Waals surface area contributed by atoms with E-state index in [1.54, 1.807) is 0 Å². The molecule has 0 aliphatic rings. The van der Waals surface area contributed by atoms with Crippen LogP contribution in [0, 0.1) is 5.82 Å². The van der Waals surface area contributed by atoms with Crippen LogP contribution >= 0.6 is 0 Å². The van der Waals surface area contributed by atoms with Crippen molar-refractivity contribution in [1.29, 1.82) is 0 Å². The van der Waals surface area contributed by atoms with Crippen LogP contribution in [0.5, 0.6) is 0 Å². The summed E-state index contributed by atoms with van der Waals surface area (Å²) in [5.41, 5.74) is -1.05. The molecule has 144 valence electrons. The van der Waals surface area contributed by atoms with E-state index in [0.717, 1.165) is 18.2 Å². The molecule has 9 heteroatoms. The normalized spacial score (nSPS) is 13.7. The minimum atomic E-state index is -4.57. The number of aliphatic hydroxyl groups is 1. The van der Waals surface area contributed by atoms with Crippen LogP contribution in [0.4, 0.5) is 17.6 Å². The van der Waals surface area contributed by atoms with Crippen LogP contribution in [0.1, 0.15) is 22.8 Å². The summed E-state index contributed by atoms with van der Waals surface area (Å²) in [6.45, 7) is 0. The minimum absolute atomic E-state index is 0.0502. The van der Waals surface area contributed by atoms with Crippen LogP contribution < -0.4 is 5.32 Å². The molecule has 0 bridgehead atoms. The second-order valence-corrected chi connectivity index (χ2v) is 5.72. The van der Waals surface area contributed by atoms with Crippen molar-refractivity contribution >= 4 is 11.9 Å². The van der Waals surface area contributed by atoms with Crippen molar-refractivity contribution in [1.82, 2.24) is 5.32 Å². The first-order valence-electron chi connectivity index (χ1n) is 7.71. The maximum absolute atomic E-state index is 13.7. The first-order chi connectivity index (χ1) is 12.6. The molecule has 3 N–H and O–H groups in total. The maximum Gasteiger partial charge on any atom is 0.416 e. The molecule has 0 aliphatic carbocycles. The Morgan fingerprint density at radius 1 is 1.04 bits per heavy atom. The van der Waals surface area contributed by atoms with E-state index in [4.69, 9.17) is 0 Å². The van der Waals surface area contributed by atoms with Gasteiger partial charge in [-0.1, -0.05) is 30.3 Å². The van der Waals surface area contributed by atoms with E-state index in [1.807, 2.05) is 0 Å². The summed E-state index contributed by atoms with van der Waals surface area (Å²) in [7, 11) is 0. The smallest absolute Gasteiger partial charge is 0.416 e. The molecule has 2 rings (SSSR count). The summed E-state index contributed by atoms with van der Waals surface area (Å²) in [5, 5.41) is 21.2. The average Bonchev–Trinajstić information content (AvgIpc) is 2.61. The molecule has 27 heavy (non-hydrogen) atoms. The van der Waals surface area contributed by atoms with Crippen molar-refractivity contribution in [3.05, 3.63) is 71.0 Å². The van der Waals surface area contributed by atoms with E-state index in [9.17, 15) is 37.4 Å². The zero-order valence-corrected chi connectivity index (χ0v) is 13.7. The average molecular weight is 385 g/mol. The van der Waals surface area contributed by atoms with Gasteiger partial charge >= 0.3 is 12.1 Å². The number of alkyl halides is 3. The van der Waals surface area contributed by atoms with Crippen molar-refractivity contribution in [2.75, 3.05) is 0 Å². The number of carboxylic acids is 1. The molecule has 0 saturated carbocycles. The minimum Gasteiger partial charge on any atom is -0.480 e. The van der Waals surface area contributed by atoms with Gasteiger partial charge in [-0.15, -0.1) is 0 Å². The molecule has 0 radical (unpaired) electrons. The van der Waals surface area contributed by atoms with Gasteiger partial charge in [0, 0.05) is 6.42 Å². The topological polar surface area (TPSA) is 86.6 Å². The molecule has 0 heterocycles. The Kier molecular flexibility index (Phi) is 6.17. The molecule has 0 aromatic heterocycles. The SMILES string of the molecule is O=C(O)[C@H](Cc1ccccc1F)NC(=O)[C@@H](O)c1ccc(C(F)(F)F)cc1. The van der Waals surface area contributed by atoms with E-state index in [0.29, 0.717) is 12.1 Å². The van der Waals surface area contributed by atoms with Crippen molar-refractivity contribution in [3.63, 3.8) is 0 Å². The summed E-state index contributed by atoms with van der Waals surface area (Å²) < 4.78 is 51.3. The Morgan fingerprint density at radius 3 is 2.15 bits per heavy atom. The van der Waals surface area contributed by atoms with Crippen molar-refractivity contribution in [2.24, 2.45) is 0 Å². The molecule has 5 nitrogen and oxygen atoms in total. The zero-order valence-electron chi connectivity index (χ0n) is 13.7. The molecular weight excluding hydrogens is 370 g/mol. The van der Waals surface area contributed by atoms with E-state index >= 15 is 0 Å². The molecule has 0 saturated heterocycles. The van der Waals surface area contributed by atoms with E-state index in [2.05, 4.69) is 5.32 Å². The number of carbonyl (C=O) groups excluding carboxylic acids is 1. The van der Waals surface area contributed by atoms with Gasteiger partial charge < -0.3 is 15.5 Å². The molecule has 0 fully saturated rings. The number of carboxylic acid groups (broad SMARTS) is 1.